The second-order valence-corrected chi connectivity index (χ2v) is 6.34. The molecule has 0 spiro atoms. The van der Waals surface area contributed by atoms with Crippen LogP contribution in [0.3, 0.4) is 0 Å². The third kappa shape index (κ3) is 4.82. The molecule has 4 nitrogen and oxygen atoms in total. The summed E-state index contributed by atoms with van der Waals surface area (Å²) in [5.41, 5.74) is 1.48. The zero-order valence-electron chi connectivity index (χ0n) is 13.9. The van der Waals surface area contributed by atoms with Gasteiger partial charge < -0.3 is 5.32 Å². The number of likely N-dealkylation sites (tertiary alicyclic amines) is 1. The SMILES string of the molecule is O=C(NCc1cc(F)cc(F)c1)[C@H]1CCCCN1Cc1cccnc1. The van der Waals surface area contributed by atoms with Crippen LogP contribution in [0.5, 0.6) is 0 Å². The molecule has 25 heavy (non-hydrogen) atoms. The number of carbonyl (C=O) groups is 1. The van der Waals surface area contributed by atoms with E-state index in [9.17, 15) is 13.6 Å². The lowest BCUT2D eigenvalue weighted by Crippen LogP contribution is -2.48. The first-order valence-electron chi connectivity index (χ1n) is 8.47. The number of benzene rings is 1. The maximum atomic E-state index is 13.2. The van der Waals surface area contributed by atoms with Crippen LogP contribution in [0, 0.1) is 11.6 Å². The average molecular weight is 345 g/mol. The molecule has 2 heterocycles. The highest BCUT2D eigenvalue weighted by molar-refractivity contribution is 5.81. The number of pyridine rings is 1. The fourth-order valence-electron chi connectivity index (χ4n) is 3.22. The van der Waals surface area contributed by atoms with Gasteiger partial charge in [-0.25, -0.2) is 8.78 Å². The van der Waals surface area contributed by atoms with Crippen LogP contribution in [0.15, 0.2) is 42.7 Å². The van der Waals surface area contributed by atoms with E-state index < -0.39 is 11.6 Å². The van der Waals surface area contributed by atoms with Gasteiger partial charge in [-0.15, -0.1) is 0 Å². The van der Waals surface area contributed by atoms with Crippen LogP contribution in [-0.2, 0) is 17.9 Å². The van der Waals surface area contributed by atoms with Gasteiger partial charge in [-0.1, -0.05) is 12.5 Å². The van der Waals surface area contributed by atoms with Gasteiger partial charge in [0.05, 0.1) is 6.04 Å². The lowest BCUT2D eigenvalue weighted by Gasteiger charge is -2.34. The first-order chi connectivity index (χ1) is 12.1. The third-order valence-electron chi connectivity index (χ3n) is 4.41. The van der Waals surface area contributed by atoms with Crippen LogP contribution in [0.4, 0.5) is 8.78 Å². The smallest absolute Gasteiger partial charge is 0.237 e. The van der Waals surface area contributed by atoms with Crippen LogP contribution < -0.4 is 5.32 Å². The molecule has 0 aliphatic carbocycles. The topological polar surface area (TPSA) is 45.2 Å². The van der Waals surface area contributed by atoms with Crippen molar-refractivity contribution in [3.8, 4) is 0 Å². The summed E-state index contributed by atoms with van der Waals surface area (Å²) in [6.45, 7) is 1.63. The van der Waals surface area contributed by atoms with Crippen molar-refractivity contribution in [3.05, 3.63) is 65.5 Å². The molecule has 1 fully saturated rings. The number of halogens is 2. The van der Waals surface area contributed by atoms with Gasteiger partial charge in [0, 0.05) is 31.5 Å². The molecule has 1 aromatic carbocycles. The van der Waals surface area contributed by atoms with E-state index in [0.717, 1.165) is 37.4 Å². The van der Waals surface area contributed by atoms with E-state index in [1.54, 1.807) is 12.4 Å². The Morgan fingerprint density at radius 1 is 1.20 bits per heavy atom. The first kappa shape index (κ1) is 17.5. The van der Waals surface area contributed by atoms with E-state index in [-0.39, 0.29) is 18.5 Å². The predicted octanol–water partition coefficient (Wildman–Crippen LogP) is 3.03. The highest BCUT2D eigenvalue weighted by Gasteiger charge is 2.28. The van der Waals surface area contributed by atoms with Crippen molar-refractivity contribution in [3.63, 3.8) is 0 Å². The molecule has 0 saturated carbocycles. The molecule has 1 aliphatic rings. The molecule has 1 amide bonds. The second kappa shape index (κ2) is 8.16. The molecule has 1 aliphatic heterocycles. The van der Waals surface area contributed by atoms with Gasteiger partial charge >= 0.3 is 0 Å². The number of amides is 1. The Balaban J connectivity index is 1.62. The minimum Gasteiger partial charge on any atom is -0.351 e. The second-order valence-electron chi connectivity index (χ2n) is 6.34. The van der Waals surface area contributed by atoms with E-state index in [1.165, 1.54) is 12.1 Å². The highest BCUT2D eigenvalue weighted by Crippen LogP contribution is 2.20. The van der Waals surface area contributed by atoms with E-state index in [1.807, 2.05) is 12.1 Å². The summed E-state index contributed by atoms with van der Waals surface area (Å²) in [4.78, 5) is 18.8. The summed E-state index contributed by atoms with van der Waals surface area (Å²) in [7, 11) is 0. The molecule has 6 heteroatoms. The molecule has 0 bridgehead atoms. The average Bonchev–Trinajstić information content (AvgIpc) is 2.60. The van der Waals surface area contributed by atoms with Gasteiger partial charge in [0.25, 0.3) is 0 Å². The van der Waals surface area contributed by atoms with Crippen LogP contribution in [0.25, 0.3) is 0 Å². The lowest BCUT2D eigenvalue weighted by molar-refractivity contribution is -0.128. The number of piperidine rings is 1. The summed E-state index contributed by atoms with van der Waals surface area (Å²) in [5.74, 6) is -1.38. The summed E-state index contributed by atoms with van der Waals surface area (Å²) < 4.78 is 26.5. The fraction of sp³-hybridized carbons (Fsp3) is 0.368. The summed E-state index contributed by atoms with van der Waals surface area (Å²) in [5, 5.41) is 2.81. The summed E-state index contributed by atoms with van der Waals surface area (Å²) in [6, 6.07) is 6.93. The normalized spacial score (nSPS) is 18.1. The number of nitrogens with zero attached hydrogens (tertiary/aromatic N) is 2. The van der Waals surface area contributed by atoms with Gasteiger partial charge in [-0.2, -0.15) is 0 Å². The van der Waals surface area contributed by atoms with Crippen molar-refractivity contribution in [2.45, 2.75) is 38.4 Å². The Hall–Kier alpha value is -2.34. The van der Waals surface area contributed by atoms with E-state index >= 15 is 0 Å². The Bertz CT molecular complexity index is 704. The van der Waals surface area contributed by atoms with Crippen molar-refractivity contribution in [1.82, 2.24) is 15.2 Å². The van der Waals surface area contributed by atoms with E-state index in [2.05, 4.69) is 15.2 Å². The minimum absolute atomic E-state index is 0.103. The van der Waals surface area contributed by atoms with Crippen molar-refractivity contribution in [2.75, 3.05) is 6.54 Å². The number of carbonyl (C=O) groups excluding carboxylic acids is 1. The molecule has 1 atom stereocenters. The van der Waals surface area contributed by atoms with Crippen LogP contribution in [0.2, 0.25) is 0 Å². The van der Waals surface area contributed by atoms with Gasteiger partial charge in [-0.05, 0) is 48.7 Å². The van der Waals surface area contributed by atoms with Gasteiger partial charge in [0.15, 0.2) is 0 Å². The first-order valence-corrected chi connectivity index (χ1v) is 8.47. The Morgan fingerprint density at radius 3 is 2.72 bits per heavy atom. The molecule has 1 N–H and O–H groups in total. The largest absolute Gasteiger partial charge is 0.351 e. The van der Waals surface area contributed by atoms with E-state index in [0.29, 0.717) is 12.1 Å². The zero-order valence-corrected chi connectivity index (χ0v) is 13.9. The Labute approximate surface area is 145 Å². The quantitative estimate of drug-likeness (QED) is 0.906. The van der Waals surface area contributed by atoms with E-state index in [4.69, 9.17) is 0 Å². The molecule has 3 rings (SSSR count). The maximum absolute atomic E-state index is 13.2. The summed E-state index contributed by atoms with van der Waals surface area (Å²) >= 11 is 0. The van der Waals surface area contributed by atoms with Crippen molar-refractivity contribution in [1.29, 1.82) is 0 Å². The highest BCUT2D eigenvalue weighted by atomic mass is 19.1. The number of rotatable bonds is 5. The Morgan fingerprint density at radius 2 is 2.00 bits per heavy atom. The molecule has 0 unspecified atom stereocenters. The minimum atomic E-state index is -0.639. The predicted molar refractivity (Wildman–Crippen MR) is 90.5 cm³/mol. The lowest BCUT2D eigenvalue weighted by atomic mass is 10.0. The third-order valence-corrected chi connectivity index (χ3v) is 4.41. The zero-order chi connectivity index (χ0) is 17.6. The molecule has 132 valence electrons. The van der Waals surface area contributed by atoms with Crippen LogP contribution >= 0.6 is 0 Å². The number of aromatic nitrogens is 1. The molecular formula is C19H21F2N3O. The number of hydrogen-bond donors (Lipinski definition) is 1. The molecule has 1 saturated heterocycles. The molecular weight excluding hydrogens is 324 g/mol. The van der Waals surface area contributed by atoms with Crippen LogP contribution in [0.1, 0.15) is 30.4 Å². The number of hydrogen-bond acceptors (Lipinski definition) is 3. The monoisotopic (exact) mass is 345 g/mol. The molecule has 2 aromatic rings. The number of nitrogens with one attached hydrogen (secondary N) is 1. The van der Waals surface area contributed by atoms with Gasteiger partial charge in [0.2, 0.25) is 5.91 Å². The van der Waals surface area contributed by atoms with Gasteiger partial charge in [-0.3, -0.25) is 14.7 Å². The van der Waals surface area contributed by atoms with Crippen molar-refractivity contribution in [2.24, 2.45) is 0 Å². The Kier molecular flexibility index (Phi) is 5.71. The molecule has 1 aromatic heterocycles. The molecule has 0 radical (unpaired) electrons. The maximum Gasteiger partial charge on any atom is 0.237 e. The van der Waals surface area contributed by atoms with Gasteiger partial charge in [0.1, 0.15) is 11.6 Å². The van der Waals surface area contributed by atoms with Crippen LogP contribution in [-0.4, -0.2) is 28.4 Å². The summed E-state index contributed by atoms with van der Waals surface area (Å²) in [6.07, 6.45) is 6.36. The standard InChI is InChI=1S/C19H21F2N3O/c20-16-8-15(9-17(21)10-16)12-23-19(25)18-5-1-2-7-24(18)13-14-4-3-6-22-11-14/h3-4,6,8-11,18H,1-2,5,7,12-13H2,(H,23,25)/t18-/m1/s1. The van der Waals surface area contributed by atoms with Crippen molar-refractivity contribution >= 4 is 5.91 Å². The van der Waals surface area contributed by atoms with Crippen molar-refractivity contribution < 1.29 is 13.6 Å². The fourth-order valence-corrected chi connectivity index (χ4v) is 3.22.